The van der Waals surface area contributed by atoms with Crippen molar-refractivity contribution in [3.63, 3.8) is 0 Å². The van der Waals surface area contributed by atoms with Gasteiger partial charge in [-0.25, -0.2) is 13.4 Å². The van der Waals surface area contributed by atoms with Gasteiger partial charge in [0.15, 0.2) is 0 Å². The van der Waals surface area contributed by atoms with Gasteiger partial charge in [0.05, 0.1) is 6.26 Å². The Labute approximate surface area is 136 Å². The van der Waals surface area contributed by atoms with E-state index in [0.29, 0.717) is 26.2 Å². The molecule has 6 nitrogen and oxygen atoms in total. The molecular formula is C16H20N4O2S. The van der Waals surface area contributed by atoms with Gasteiger partial charge >= 0.3 is 0 Å². The molecule has 3 heterocycles. The molecule has 0 atom stereocenters. The van der Waals surface area contributed by atoms with Crippen molar-refractivity contribution in [2.45, 2.75) is 20.0 Å². The first-order valence-corrected chi connectivity index (χ1v) is 9.34. The van der Waals surface area contributed by atoms with Crippen LogP contribution in [0, 0.1) is 6.92 Å². The monoisotopic (exact) mass is 332 g/mol. The largest absolute Gasteiger partial charge is 0.351 e. The van der Waals surface area contributed by atoms with Crippen LogP contribution in [0.3, 0.4) is 0 Å². The summed E-state index contributed by atoms with van der Waals surface area (Å²) < 4.78 is 25.4. The number of nitrogens with zero attached hydrogens (tertiary/aromatic N) is 4. The topological polar surface area (TPSA) is 66.4 Å². The lowest BCUT2D eigenvalue weighted by Gasteiger charge is -2.23. The molecule has 0 saturated heterocycles. The van der Waals surface area contributed by atoms with Gasteiger partial charge in [-0.15, -0.1) is 0 Å². The maximum absolute atomic E-state index is 12.0. The quantitative estimate of drug-likeness (QED) is 0.853. The van der Waals surface area contributed by atoms with Gasteiger partial charge in [0.1, 0.15) is 5.82 Å². The van der Waals surface area contributed by atoms with Crippen LogP contribution in [0.4, 0.5) is 5.82 Å². The average molecular weight is 332 g/mol. The zero-order valence-corrected chi connectivity index (χ0v) is 14.1. The van der Waals surface area contributed by atoms with Crippen molar-refractivity contribution in [3.8, 4) is 0 Å². The Bertz CT molecular complexity index is 793. The molecule has 1 aliphatic rings. The highest BCUT2D eigenvalue weighted by Crippen LogP contribution is 2.26. The second-order valence-electron chi connectivity index (χ2n) is 5.81. The van der Waals surface area contributed by atoms with E-state index in [1.807, 2.05) is 37.4 Å². The summed E-state index contributed by atoms with van der Waals surface area (Å²) in [5, 5.41) is 0. The number of anilines is 1. The molecule has 0 aliphatic carbocycles. The van der Waals surface area contributed by atoms with Crippen molar-refractivity contribution in [3.05, 3.63) is 53.5 Å². The molecule has 0 bridgehead atoms. The Hall–Kier alpha value is -1.99. The van der Waals surface area contributed by atoms with Crippen LogP contribution in [0.2, 0.25) is 0 Å². The number of hydrogen-bond donors (Lipinski definition) is 0. The third-order valence-corrected chi connectivity index (χ3v) is 5.18. The van der Waals surface area contributed by atoms with E-state index in [0.717, 1.165) is 22.6 Å². The summed E-state index contributed by atoms with van der Waals surface area (Å²) in [5.41, 5.74) is 2.93. The zero-order valence-electron chi connectivity index (χ0n) is 13.3. The third kappa shape index (κ3) is 3.68. The minimum atomic E-state index is -3.23. The molecule has 0 amide bonds. The summed E-state index contributed by atoms with van der Waals surface area (Å²) in [5.74, 6) is 0.861. The van der Waals surface area contributed by atoms with Crippen LogP contribution in [0.15, 0.2) is 36.7 Å². The van der Waals surface area contributed by atoms with Crippen molar-refractivity contribution in [1.82, 2.24) is 14.3 Å². The number of sulfonamides is 1. The Kier molecular flexibility index (Phi) is 4.32. The van der Waals surface area contributed by atoms with Crippen molar-refractivity contribution in [2.24, 2.45) is 0 Å². The van der Waals surface area contributed by atoms with Crippen LogP contribution in [0.5, 0.6) is 0 Å². The van der Waals surface area contributed by atoms with Gasteiger partial charge in [-0.05, 0) is 24.6 Å². The maximum atomic E-state index is 12.0. The van der Waals surface area contributed by atoms with E-state index in [1.54, 1.807) is 6.20 Å². The van der Waals surface area contributed by atoms with Gasteiger partial charge < -0.3 is 4.90 Å². The van der Waals surface area contributed by atoms with E-state index in [2.05, 4.69) is 14.9 Å². The fourth-order valence-electron chi connectivity index (χ4n) is 2.73. The molecule has 0 saturated carbocycles. The predicted octanol–water partition coefficient (Wildman–Crippen LogP) is 1.57. The molecule has 0 unspecified atom stereocenters. The predicted molar refractivity (Wildman–Crippen MR) is 89.5 cm³/mol. The van der Waals surface area contributed by atoms with Gasteiger partial charge in [-0.2, -0.15) is 4.31 Å². The van der Waals surface area contributed by atoms with E-state index in [1.165, 1.54) is 10.6 Å². The normalized spacial score (nSPS) is 16.0. The lowest BCUT2D eigenvalue weighted by molar-refractivity contribution is 0.422. The van der Waals surface area contributed by atoms with Crippen molar-refractivity contribution < 1.29 is 8.42 Å². The highest BCUT2D eigenvalue weighted by Gasteiger charge is 2.26. The number of rotatable bonds is 3. The molecule has 122 valence electrons. The second-order valence-corrected chi connectivity index (χ2v) is 7.80. The number of fused-ring (bicyclic) bond motifs is 1. The average Bonchev–Trinajstić information content (AvgIpc) is 2.68. The second kappa shape index (κ2) is 6.25. The minimum absolute atomic E-state index is 0.366. The third-order valence-electron chi connectivity index (χ3n) is 3.93. The Morgan fingerprint density at radius 3 is 2.74 bits per heavy atom. The highest BCUT2D eigenvalue weighted by molar-refractivity contribution is 7.88. The lowest BCUT2D eigenvalue weighted by atomic mass is 10.2. The number of hydrogen-bond acceptors (Lipinski definition) is 5. The molecule has 2 aromatic rings. The summed E-state index contributed by atoms with van der Waals surface area (Å²) in [6, 6.07) is 7.81. The highest BCUT2D eigenvalue weighted by atomic mass is 32.2. The molecule has 0 N–H and O–H groups in total. The first kappa shape index (κ1) is 15.9. The molecule has 23 heavy (non-hydrogen) atoms. The van der Waals surface area contributed by atoms with Gasteiger partial charge in [0.2, 0.25) is 10.0 Å². The molecule has 0 aromatic carbocycles. The van der Waals surface area contributed by atoms with Crippen molar-refractivity contribution in [2.75, 3.05) is 24.2 Å². The first-order valence-electron chi connectivity index (χ1n) is 7.49. The summed E-state index contributed by atoms with van der Waals surface area (Å²) >= 11 is 0. The van der Waals surface area contributed by atoms with Crippen LogP contribution in [0.25, 0.3) is 0 Å². The Balaban J connectivity index is 1.97. The van der Waals surface area contributed by atoms with E-state index in [4.69, 9.17) is 0 Å². The summed E-state index contributed by atoms with van der Waals surface area (Å²) in [6.45, 7) is 4.03. The molecule has 1 aliphatic heterocycles. The molecule has 7 heteroatoms. The first-order chi connectivity index (χ1) is 10.9. The van der Waals surface area contributed by atoms with Gasteiger partial charge in [-0.1, -0.05) is 12.1 Å². The molecule has 3 rings (SSSR count). The van der Waals surface area contributed by atoms with Crippen LogP contribution in [0.1, 0.15) is 16.8 Å². The van der Waals surface area contributed by atoms with Crippen LogP contribution in [-0.4, -0.2) is 42.0 Å². The molecule has 0 radical (unpaired) electrons. The van der Waals surface area contributed by atoms with Crippen LogP contribution in [-0.2, 0) is 23.1 Å². The summed E-state index contributed by atoms with van der Waals surface area (Å²) in [7, 11) is -3.23. The van der Waals surface area contributed by atoms with Crippen molar-refractivity contribution in [1.29, 1.82) is 0 Å². The van der Waals surface area contributed by atoms with Gasteiger partial charge in [-0.3, -0.25) is 4.98 Å². The Morgan fingerprint density at radius 1 is 1.22 bits per heavy atom. The molecular weight excluding hydrogens is 312 g/mol. The zero-order chi connectivity index (χ0) is 16.4. The Morgan fingerprint density at radius 2 is 2.04 bits per heavy atom. The summed E-state index contributed by atoms with van der Waals surface area (Å²) in [6.07, 6.45) is 4.83. The maximum Gasteiger partial charge on any atom is 0.211 e. The molecule has 0 spiro atoms. The van der Waals surface area contributed by atoms with Gasteiger partial charge in [0, 0.05) is 49.8 Å². The fraction of sp³-hybridized carbons (Fsp3) is 0.375. The van der Waals surface area contributed by atoms with Crippen LogP contribution < -0.4 is 4.90 Å². The molecule has 0 fully saturated rings. The van der Waals surface area contributed by atoms with Crippen LogP contribution >= 0.6 is 0 Å². The smallest absolute Gasteiger partial charge is 0.211 e. The fourth-order valence-corrected chi connectivity index (χ4v) is 3.51. The molecule has 2 aromatic heterocycles. The number of aryl methyl sites for hydroxylation is 1. The van der Waals surface area contributed by atoms with E-state index >= 15 is 0 Å². The van der Waals surface area contributed by atoms with E-state index in [-0.39, 0.29) is 0 Å². The van der Waals surface area contributed by atoms with E-state index in [9.17, 15) is 8.42 Å². The standard InChI is InChI=1S/C16H20N4O2S/c1-13-5-6-15-12-20(23(2,21)22)9-8-19(16(15)18-13)11-14-4-3-7-17-10-14/h3-7,10H,8-9,11-12H2,1-2H3. The SMILES string of the molecule is Cc1ccc2c(n1)N(Cc1cccnc1)CCN(S(C)(=O)=O)C2. The van der Waals surface area contributed by atoms with Gasteiger partial charge in [0.25, 0.3) is 0 Å². The minimum Gasteiger partial charge on any atom is -0.351 e. The number of aromatic nitrogens is 2. The van der Waals surface area contributed by atoms with E-state index < -0.39 is 10.0 Å². The lowest BCUT2D eigenvalue weighted by Crippen LogP contribution is -2.34. The number of pyridine rings is 2. The summed E-state index contributed by atoms with van der Waals surface area (Å²) in [4.78, 5) is 10.9. The van der Waals surface area contributed by atoms with Crippen molar-refractivity contribution >= 4 is 15.8 Å².